The molecule has 0 bridgehead atoms. The summed E-state index contributed by atoms with van der Waals surface area (Å²) in [6, 6.07) is 92.7. The van der Waals surface area contributed by atoms with Gasteiger partial charge >= 0.3 is 0 Å². The first-order valence-electron chi connectivity index (χ1n) is 25.4. The van der Waals surface area contributed by atoms with Gasteiger partial charge in [-0.3, -0.25) is 0 Å². The van der Waals surface area contributed by atoms with Gasteiger partial charge in [-0.25, -0.2) is 19.9 Å². The van der Waals surface area contributed by atoms with Gasteiger partial charge in [-0.1, -0.05) is 218 Å². The number of hydrogen-bond donors (Lipinski definition) is 0. The molecule has 0 fully saturated rings. The van der Waals surface area contributed by atoms with Crippen LogP contribution in [-0.2, 0) is 0 Å². The zero-order valence-corrected chi connectivity index (χ0v) is 41.0. The Morgan fingerprint density at radius 3 is 0.868 bits per heavy atom. The average Bonchev–Trinajstić information content (AvgIpc) is 4.15. The molecular formula is C70H44N4O2. The van der Waals surface area contributed by atoms with Crippen LogP contribution >= 0.6 is 0 Å². The van der Waals surface area contributed by atoms with Crippen molar-refractivity contribution in [1.82, 2.24) is 19.9 Å². The molecule has 0 saturated heterocycles. The number of fused-ring (bicyclic) bond motifs is 3. The van der Waals surface area contributed by atoms with E-state index in [9.17, 15) is 0 Å². The van der Waals surface area contributed by atoms with Crippen molar-refractivity contribution in [2.24, 2.45) is 0 Å². The van der Waals surface area contributed by atoms with Gasteiger partial charge in [0, 0.05) is 33.4 Å². The smallest absolute Gasteiger partial charge is 0.227 e. The summed E-state index contributed by atoms with van der Waals surface area (Å²) >= 11 is 0. The van der Waals surface area contributed by atoms with Gasteiger partial charge in [0.1, 0.15) is 11.0 Å². The van der Waals surface area contributed by atoms with Crippen molar-refractivity contribution < 1.29 is 8.83 Å². The average molecular weight is 973 g/mol. The summed E-state index contributed by atoms with van der Waals surface area (Å²) < 4.78 is 12.2. The molecule has 6 nitrogen and oxygen atoms in total. The molecule has 0 aliphatic rings. The normalized spacial score (nSPS) is 11.4. The third-order valence-electron chi connectivity index (χ3n) is 14.3. The van der Waals surface area contributed by atoms with Crippen LogP contribution in [0.25, 0.3) is 145 Å². The molecule has 14 aromatic rings. The Kier molecular flexibility index (Phi) is 11.1. The van der Waals surface area contributed by atoms with Crippen molar-refractivity contribution in [3.8, 4) is 112 Å². The van der Waals surface area contributed by atoms with E-state index in [0.29, 0.717) is 11.8 Å². The van der Waals surface area contributed by atoms with Crippen molar-refractivity contribution >= 4 is 33.2 Å². The predicted molar refractivity (Wildman–Crippen MR) is 309 cm³/mol. The maximum Gasteiger partial charge on any atom is 0.227 e. The van der Waals surface area contributed by atoms with Crippen LogP contribution in [0.1, 0.15) is 0 Å². The molecule has 0 atom stereocenters. The molecule has 11 aromatic carbocycles. The van der Waals surface area contributed by atoms with E-state index >= 15 is 0 Å². The fourth-order valence-electron chi connectivity index (χ4n) is 10.4. The first-order chi connectivity index (χ1) is 37.6. The highest BCUT2D eigenvalue weighted by Gasteiger charge is 2.22. The van der Waals surface area contributed by atoms with Crippen molar-refractivity contribution in [3.05, 3.63) is 267 Å². The lowest BCUT2D eigenvalue weighted by Gasteiger charge is -2.19. The number of benzene rings is 11. The number of rotatable bonds is 10. The molecule has 6 heteroatoms. The number of nitrogens with zero attached hydrogens (tertiary/aromatic N) is 4. The Morgan fingerprint density at radius 2 is 0.500 bits per heavy atom. The van der Waals surface area contributed by atoms with Crippen molar-refractivity contribution in [3.63, 3.8) is 0 Å². The molecule has 0 radical (unpaired) electrons. The first-order valence-corrected chi connectivity index (χ1v) is 25.4. The number of hydrogen-bond acceptors (Lipinski definition) is 6. The molecule has 76 heavy (non-hydrogen) atoms. The van der Waals surface area contributed by atoms with Crippen LogP contribution in [0.15, 0.2) is 276 Å². The van der Waals surface area contributed by atoms with E-state index in [1.165, 1.54) is 0 Å². The molecule has 0 aliphatic carbocycles. The molecule has 0 amide bonds. The third-order valence-corrected chi connectivity index (χ3v) is 14.3. The van der Waals surface area contributed by atoms with Crippen molar-refractivity contribution in [1.29, 1.82) is 0 Å². The van der Waals surface area contributed by atoms with Gasteiger partial charge in [-0.2, -0.15) is 0 Å². The van der Waals surface area contributed by atoms with E-state index in [2.05, 4.69) is 218 Å². The Morgan fingerprint density at radius 1 is 0.197 bits per heavy atom. The third kappa shape index (κ3) is 8.21. The Bertz CT molecular complexity index is 4060. The maximum absolute atomic E-state index is 6.09. The molecule has 0 N–H and O–H groups in total. The van der Waals surface area contributed by atoms with Gasteiger partial charge < -0.3 is 8.83 Å². The number of para-hydroxylation sites is 4. The van der Waals surface area contributed by atoms with Gasteiger partial charge in [0.25, 0.3) is 0 Å². The SMILES string of the molecule is c1ccc(-c2ccccc2-c2ccc(-c3ccccc3-c3ccccc3)c3nc(-c4ccc(-c5ccc(-c6nc7ccccc7o6)cc5)cc4)c(-c4ccc(-c5ccc(-c6nc7ccccc7o6)cc5)cc4)nc23)cc1. The summed E-state index contributed by atoms with van der Waals surface area (Å²) in [5.41, 5.74) is 23.2. The fourth-order valence-corrected chi connectivity index (χ4v) is 10.4. The van der Waals surface area contributed by atoms with Crippen LogP contribution in [0.5, 0.6) is 0 Å². The van der Waals surface area contributed by atoms with Crippen molar-refractivity contribution in [2.45, 2.75) is 0 Å². The van der Waals surface area contributed by atoms with Crippen LogP contribution in [0.3, 0.4) is 0 Å². The molecule has 0 spiro atoms. The summed E-state index contributed by atoms with van der Waals surface area (Å²) in [6.07, 6.45) is 0. The summed E-state index contributed by atoms with van der Waals surface area (Å²) in [5, 5.41) is 0. The van der Waals surface area contributed by atoms with Gasteiger partial charge in [0.05, 0.1) is 22.4 Å². The van der Waals surface area contributed by atoms with Crippen LogP contribution in [0, 0.1) is 0 Å². The lowest BCUT2D eigenvalue weighted by Crippen LogP contribution is -2.00. The largest absolute Gasteiger partial charge is 0.436 e. The maximum atomic E-state index is 6.09. The summed E-state index contributed by atoms with van der Waals surface area (Å²) in [5.74, 6) is 1.20. The van der Waals surface area contributed by atoms with E-state index in [1.54, 1.807) is 0 Å². The minimum absolute atomic E-state index is 0.602. The second-order valence-electron chi connectivity index (χ2n) is 18.9. The quantitative estimate of drug-likeness (QED) is 0.136. The fraction of sp³-hybridized carbons (Fsp3) is 0. The van der Waals surface area contributed by atoms with Crippen LogP contribution in [0.4, 0.5) is 0 Å². The Hall–Kier alpha value is -10.3. The van der Waals surface area contributed by atoms with Crippen LogP contribution < -0.4 is 0 Å². The minimum Gasteiger partial charge on any atom is -0.436 e. The van der Waals surface area contributed by atoms with Gasteiger partial charge in [0.15, 0.2) is 11.2 Å². The lowest BCUT2D eigenvalue weighted by atomic mass is 9.89. The minimum atomic E-state index is 0.602. The number of oxazole rings is 2. The predicted octanol–water partition coefficient (Wildman–Crippen LogP) is 18.6. The van der Waals surface area contributed by atoms with E-state index in [1.807, 2.05) is 48.5 Å². The molecular weight excluding hydrogens is 929 g/mol. The zero-order chi connectivity index (χ0) is 50.4. The molecule has 3 heterocycles. The molecule has 3 aromatic heterocycles. The monoisotopic (exact) mass is 972 g/mol. The van der Waals surface area contributed by atoms with E-state index in [4.69, 9.17) is 28.8 Å². The molecule has 0 saturated carbocycles. The Labute approximate surface area is 439 Å². The second kappa shape index (κ2) is 19.0. The highest BCUT2D eigenvalue weighted by Crippen LogP contribution is 2.44. The van der Waals surface area contributed by atoms with Crippen LogP contribution in [-0.4, -0.2) is 19.9 Å². The van der Waals surface area contributed by atoms with Gasteiger partial charge in [-0.15, -0.1) is 0 Å². The van der Waals surface area contributed by atoms with E-state index < -0.39 is 0 Å². The second-order valence-corrected chi connectivity index (χ2v) is 18.9. The van der Waals surface area contributed by atoms with Crippen molar-refractivity contribution in [2.75, 3.05) is 0 Å². The molecule has 356 valence electrons. The lowest BCUT2D eigenvalue weighted by molar-refractivity contribution is 0.619. The van der Waals surface area contributed by atoms with E-state index in [0.717, 1.165) is 134 Å². The van der Waals surface area contributed by atoms with Gasteiger partial charge in [-0.05, 0) is 104 Å². The molecule has 14 rings (SSSR count). The van der Waals surface area contributed by atoms with Crippen LogP contribution in [0.2, 0.25) is 0 Å². The highest BCUT2D eigenvalue weighted by atomic mass is 16.4. The topological polar surface area (TPSA) is 77.8 Å². The standard InChI is InChI=1S/C70H44N4O2/c1-3-15-49(16-4-1)55-19-7-9-21-57(55)59-43-44-60(58-22-10-8-20-56(58)50-17-5-2-6-18-50)68-67(59)73-65(51-35-27-45(28-36-51)47-31-39-53(40-32-47)69-71-61-23-11-13-25-63(61)75-69)66(74-68)52-37-29-46(30-38-52)48-33-41-54(42-34-48)70-72-62-24-12-14-26-64(62)76-70/h1-44H. The summed E-state index contributed by atoms with van der Waals surface area (Å²) in [4.78, 5) is 21.1. The number of aromatic nitrogens is 4. The molecule has 0 aliphatic heterocycles. The van der Waals surface area contributed by atoms with Gasteiger partial charge in [0.2, 0.25) is 11.8 Å². The summed E-state index contributed by atoms with van der Waals surface area (Å²) in [6.45, 7) is 0. The highest BCUT2D eigenvalue weighted by molar-refractivity contribution is 6.07. The van der Waals surface area contributed by atoms with E-state index in [-0.39, 0.29) is 0 Å². The zero-order valence-electron chi connectivity index (χ0n) is 41.0. The Balaban J connectivity index is 0.925. The molecule has 0 unspecified atom stereocenters. The summed E-state index contributed by atoms with van der Waals surface area (Å²) in [7, 11) is 0. The first kappa shape index (κ1) is 44.4.